The standard InChI is InChI=1S/C20H17F3N4O/c1-10-7-14-15(8-11(10)2)26-19(25-14)17-16(28)9-27(18(17)24)13-5-3-12(4-6-13)20(21,22)23/h3-8,24,28H,9H2,1-2H3,(H,25,26). The van der Waals surface area contributed by atoms with Crippen molar-refractivity contribution in [2.45, 2.75) is 20.0 Å². The fourth-order valence-corrected chi connectivity index (χ4v) is 3.27. The number of H-pyrrole nitrogens is 1. The molecule has 0 radical (unpaired) electrons. The highest BCUT2D eigenvalue weighted by Gasteiger charge is 2.33. The third-order valence-corrected chi connectivity index (χ3v) is 4.94. The molecule has 1 aromatic heterocycles. The number of aromatic nitrogens is 2. The molecule has 1 aliphatic heterocycles. The zero-order chi connectivity index (χ0) is 20.2. The van der Waals surface area contributed by atoms with Crippen LogP contribution in [0.2, 0.25) is 0 Å². The van der Waals surface area contributed by atoms with E-state index in [4.69, 9.17) is 5.41 Å². The molecule has 2 heterocycles. The number of hydrogen-bond donors (Lipinski definition) is 3. The summed E-state index contributed by atoms with van der Waals surface area (Å²) < 4.78 is 38.3. The maximum absolute atomic E-state index is 12.8. The number of alkyl halides is 3. The molecule has 28 heavy (non-hydrogen) atoms. The highest BCUT2D eigenvalue weighted by molar-refractivity contribution is 6.30. The predicted octanol–water partition coefficient (Wildman–Crippen LogP) is 4.97. The van der Waals surface area contributed by atoms with Gasteiger partial charge in [-0.05, 0) is 61.4 Å². The van der Waals surface area contributed by atoms with Gasteiger partial charge in [0.2, 0.25) is 0 Å². The van der Waals surface area contributed by atoms with Gasteiger partial charge in [0.1, 0.15) is 17.4 Å². The van der Waals surface area contributed by atoms with Gasteiger partial charge in [0.15, 0.2) is 0 Å². The van der Waals surface area contributed by atoms with Gasteiger partial charge in [-0.1, -0.05) is 0 Å². The fourth-order valence-electron chi connectivity index (χ4n) is 3.27. The van der Waals surface area contributed by atoms with Gasteiger partial charge in [0.05, 0.1) is 28.7 Å². The molecule has 0 atom stereocenters. The molecule has 2 aromatic carbocycles. The van der Waals surface area contributed by atoms with Crippen molar-refractivity contribution in [3.8, 4) is 0 Å². The summed E-state index contributed by atoms with van der Waals surface area (Å²) >= 11 is 0. The first-order valence-corrected chi connectivity index (χ1v) is 8.58. The van der Waals surface area contributed by atoms with Gasteiger partial charge in [0, 0.05) is 5.69 Å². The van der Waals surface area contributed by atoms with E-state index in [1.165, 1.54) is 17.0 Å². The van der Waals surface area contributed by atoms with E-state index in [1.54, 1.807) is 0 Å². The molecular formula is C20H17F3N4O. The number of benzene rings is 2. The van der Waals surface area contributed by atoms with Crippen LogP contribution < -0.4 is 4.90 Å². The normalized spacial score (nSPS) is 15.2. The average molecular weight is 386 g/mol. The number of imidazole rings is 1. The molecule has 0 unspecified atom stereocenters. The van der Waals surface area contributed by atoms with Gasteiger partial charge in [-0.15, -0.1) is 0 Å². The molecule has 3 N–H and O–H groups in total. The number of anilines is 1. The Morgan fingerprint density at radius 3 is 2.39 bits per heavy atom. The van der Waals surface area contributed by atoms with Crippen LogP contribution in [0, 0.1) is 19.3 Å². The van der Waals surface area contributed by atoms with Crippen LogP contribution >= 0.6 is 0 Å². The van der Waals surface area contributed by atoms with Crippen molar-refractivity contribution in [3.63, 3.8) is 0 Å². The van der Waals surface area contributed by atoms with Crippen molar-refractivity contribution in [3.05, 3.63) is 64.7 Å². The molecule has 5 nitrogen and oxygen atoms in total. The number of halogens is 3. The molecule has 8 heteroatoms. The molecule has 0 fully saturated rings. The SMILES string of the molecule is Cc1cc2nc(C3=C(O)CN(c4ccc(C(F)(F)F)cc4)C3=N)[nH]c2cc1C. The second-order valence-corrected chi connectivity index (χ2v) is 6.84. The Hall–Kier alpha value is -3.29. The number of aryl methyl sites for hydroxylation is 2. The quantitative estimate of drug-likeness (QED) is 0.582. The minimum atomic E-state index is -4.42. The largest absolute Gasteiger partial charge is 0.509 e. The highest BCUT2D eigenvalue weighted by Crippen LogP contribution is 2.34. The van der Waals surface area contributed by atoms with E-state index in [1.807, 2.05) is 26.0 Å². The van der Waals surface area contributed by atoms with Gasteiger partial charge in [-0.25, -0.2) is 4.98 Å². The topological polar surface area (TPSA) is 76.0 Å². The van der Waals surface area contributed by atoms with Crippen LogP contribution in [0.1, 0.15) is 22.5 Å². The number of nitrogens with one attached hydrogen (secondary N) is 2. The van der Waals surface area contributed by atoms with Crippen molar-refractivity contribution < 1.29 is 18.3 Å². The highest BCUT2D eigenvalue weighted by atomic mass is 19.4. The van der Waals surface area contributed by atoms with Crippen molar-refractivity contribution in [1.29, 1.82) is 5.41 Å². The summed E-state index contributed by atoms with van der Waals surface area (Å²) in [6.07, 6.45) is -4.42. The number of amidine groups is 1. The summed E-state index contributed by atoms with van der Waals surface area (Å²) in [6, 6.07) is 8.38. The first kappa shape index (κ1) is 18.1. The van der Waals surface area contributed by atoms with Crippen LogP contribution in [0.4, 0.5) is 18.9 Å². The van der Waals surface area contributed by atoms with Crippen LogP contribution in [0.25, 0.3) is 16.6 Å². The summed E-state index contributed by atoms with van der Waals surface area (Å²) in [6.45, 7) is 3.95. The lowest BCUT2D eigenvalue weighted by molar-refractivity contribution is -0.137. The lowest BCUT2D eigenvalue weighted by Gasteiger charge is -2.19. The maximum atomic E-state index is 12.8. The second kappa shape index (κ2) is 6.12. The third kappa shape index (κ3) is 2.90. The molecule has 144 valence electrons. The summed E-state index contributed by atoms with van der Waals surface area (Å²) in [7, 11) is 0. The summed E-state index contributed by atoms with van der Waals surface area (Å²) in [5, 5.41) is 18.8. The van der Waals surface area contributed by atoms with Crippen molar-refractivity contribution in [2.24, 2.45) is 0 Å². The Morgan fingerprint density at radius 1 is 1.11 bits per heavy atom. The number of aliphatic hydroxyl groups is 1. The van der Waals surface area contributed by atoms with Crippen molar-refractivity contribution >= 4 is 28.1 Å². The Balaban J connectivity index is 1.67. The summed E-state index contributed by atoms with van der Waals surface area (Å²) in [5.41, 5.74) is 3.56. The van der Waals surface area contributed by atoms with Crippen molar-refractivity contribution in [1.82, 2.24) is 9.97 Å². The Labute approximate surface area is 158 Å². The molecule has 0 bridgehead atoms. The number of aromatic amines is 1. The van der Waals surface area contributed by atoms with Crippen molar-refractivity contribution in [2.75, 3.05) is 11.4 Å². The Morgan fingerprint density at radius 2 is 1.75 bits per heavy atom. The van der Waals surface area contributed by atoms with E-state index in [0.29, 0.717) is 11.5 Å². The lowest BCUT2D eigenvalue weighted by atomic mass is 10.1. The zero-order valence-electron chi connectivity index (χ0n) is 15.1. The van der Waals surface area contributed by atoms with Crippen LogP contribution in [0.15, 0.2) is 42.2 Å². The van der Waals surface area contributed by atoms with E-state index in [2.05, 4.69) is 9.97 Å². The zero-order valence-corrected chi connectivity index (χ0v) is 15.1. The second-order valence-electron chi connectivity index (χ2n) is 6.84. The van der Waals surface area contributed by atoms with E-state index < -0.39 is 11.7 Å². The maximum Gasteiger partial charge on any atom is 0.416 e. The van der Waals surface area contributed by atoms with E-state index in [-0.39, 0.29) is 23.7 Å². The van der Waals surface area contributed by atoms with Crippen LogP contribution in [0.5, 0.6) is 0 Å². The number of aliphatic hydroxyl groups excluding tert-OH is 1. The number of nitrogens with zero attached hydrogens (tertiary/aromatic N) is 2. The third-order valence-electron chi connectivity index (χ3n) is 4.94. The fraction of sp³-hybridized carbons (Fsp3) is 0.200. The molecule has 0 saturated heterocycles. The van der Waals surface area contributed by atoms with Crippen LogP contribution in [-0.2, 0) is 6.18 Å². The lowest BCUT2D eigenvalue weighted by Crippen LogP contribution is -2.26. The molecule has 0 spiro atoms. The molecule has 4 rings (SSSR count). The van der Waals surface area contributed by atoms with Crippen LogP contribution in [0.3, 0.4) is 0 Å². The summed E-state index contributed by atoms with van der Waals surface area (Å²) in [4.78, 5) is 9.04. The molecule has 1 aliphatic rings. The molecule has 0 saturated carbocycles. The van der Waals surface area contributed by atoms with Gasteiger partial charge >= 0.3 is 6.18 Å². The molecule has 0 aliphatic carbocycles. The first-order valence-electron chi connectivity index (χ1n) is 8.58. The predicted molar refractivity (Wildman–Crippen MR) is 102 cm³/mol. The number of rotatable bonds is 2. The van der Waals surface area contributed by atoms with Gasteiger partial charge in [-0.2, -0.15) is 13.2 Å². The Bertz CT molecular complexity index is 1090. The van der Waals surface area contributed by atoms with E-state index in [0.717, 1.165) is 34.3 Å². The minimum Gasteiger partial charge on any atom is -0.509 e. The van der Waals surface area contributed by atoms with E-state index in [9.17, 15) is 18.3 Å². The van der Waals surface area contributed by atoms with Crippen LogP contribution in [-0.4, -0.2) is 27.5 Å². The van der Waals surface area contributed by atoms with Gasteiger partial charge in [-0.3, -0.25) is 5.41 Å². The molecule has 0 amide bonds. The molecular weight excluding hydrogens is 369 g/mol. The summed E-state index contributed by atoms with van der Waals surface area (Å²) in [5.74, 6) is 0.277. The monoisotopic (exact) mass is 386 g/mol. The van der Waals surface area contributed by atoms with Gasteiger partial charge in [0.25, 0.3) is 0 Å². The smallest absolute Gasteiger partial charge is 0.416 e. The minimum absolute atomic E-state index is 0.00533. The average Bonchev–Trinajstić information content (AvgIpc) is 3.14. The van der Waals surface area contributed by atoms with E-state index >= 15 is 0 Å². The first-order chi connectivity index (χ1) is 13.1. The van der Waals surface area contributed by atoms with Gasteiger partial charge < -0.3 is 15.0 Å². The molecule has 3 aromatic rings. The number of hydrogen-bond acceptors (Lipinski definition) is 3. The number of fused-ring (bicyclic) bond motifs is 1. The Kier molecular flexibility index (Phi) is 3.95.